The molecule has 0 aromatic rings. The molecule has 1 fully saturated rings. The quantitative estimate of drug-likeness (QED) is 0.528. The summed E-state index contributed by atoms with van der Waals surface area (Å²) in [7, 11) is 0. The maximum atomic E-state index is 9.30. The van der Waals surface area contributed by atoms with Crippen molar-refractivity contribution in [3.63, 3.8) is 0 Å². The fourth-order valence-corrected chi connectivity index (χ4v) is 1.34. The first-order chi connectivity index (χ1) is 4.77. The molecule has 0 aromatic heterocycles. The molecule has 0 bridgehead atoms. The Kier molecular flexibility index (Phi) is 2.13. The number of aliphatic hydroxyl groups excluding tert-OH is 1. The molecule has 1 N–H and O–H groups in total. The van der Waals surface area contributed by atoms with Gasteiger partial charge in [-0.2, -0.15) is 5.26 Å². The highest BCUT2D eigenvalue weighted by Gasteiger charge is 2.28. The van der Waals surface area contributed by atoms with Gasteiger partial charge in [-0.25, -0.2) is 0 Å². The normalized spacial score (nSPS) is 32.3. The summed E-state index contributed by atoms with van der Waals surface area (Å²) in [6.07, 6.45) is 2.70. The first-order valence-electron chi connectivity index (χ1n) is 3.60. The van der Waals surface area contributed by atoms with Crippen LogP contribution in [-0.4, -0.2) is 29.2 Å². The van der Waals surface area contributed by atoms with E-state index in [0.29, 0.717) is 12.5 Å². The molecular weight excluding hydrogens is 128 g/mol. The van der Waals surface area contributed by atoms with Crippen molar-refractivity contribution in [2.45, 2.75) is 19.4 Å². The highest BCUT2D eigenvalue weighted by Crippen LogP contribution is 2.18. The van der Waals surface area contributed by atoms with Crippen molar-refractivity contribution in [3.8, 4) is 6.19 Å². The molecule has 1 aliphatic rings. The van der Waals surface area contributed by atoms with Gasteiger partial charge in [-0.3, -0.25) is 0 Å². The summed E-state index contributed by atoms with van der Waals surface area (Å²) in [5.41, 5.74) is 0. The summed E-state index contributed by atoms with van der Waals surface area (Å²) in [5, 5.41) is 17.8. The third-order valence-corrected chi connectivity index (χ3v) is 2.07. The second-order valence-corrected chi connectivity index (χ2v) is 2.74. The molecule has 0 saturated carbocycles. The third kappa shape index (κ3) is 1.22. The van der Waals surface area contributed by atoms with Crippen LogP contribution in [0.5, 0.6) is 0 Å². The molecule has 0 aromatic carbocycles. The van der Waals surface area contributed by atoms with Crippen molar-refractivity contribution < 1.29 is 5.11 Å². The Labute approximate surface area is 60.9 Å². The molecule has 1 saturated heterocycles. The van der Waals surface area contributed by atoms with Gasteiger partial charge in [0.05, 0.1) is 12.6 Å². The molecule has 0 aliphatic carbocycles. The number of aliphatic hydroxyl groups is 1. The predicted molar refractivity (Wildman–Crippen MR) is 37.0 cm³/mol. The minimum absolute atomic E-state index is 0.287. The highest BCUT2D eigenvalue weighted by molar-refractivity contribution is 4.89. The molecule has 0 spiro atoms. The lowest BCUT2D eigenvalue weighted by molar-refractivity contribution is 0.143. The van der Waals surface area contributed by atoms with Crippen LogP contribution in [0, 0.1) is 17.4 Å². The van der Waals surface area contributed by atoms with E-state index in [1.807, 2.05) is 13.1 Å². The monoisotopic (exact) mass is 140 g/mol. The summed E-state index contributed by atoms with van der Waals surface area (Å²) >= 11 is 0. The maximum Gasteiger partial charge on any atom is 0.179 e. The molecule has 3 nitrogen and oxygen atoms in total. The Balaban J connectivity index is 2.46. The molecule has 10 heavy (non-hydrogen) atoms. The van der Waals surface area contributed by atoms with E-state index in [0.717, 1.165) is 13.0 Å². The second-order valence-electron chi connectivity index (χ2n) is 2.74. The van der Waals surface area contributed by atoms with Crippen molar-refractivity contribution >= 4 is 0 Å². The van der Waals surface area contributed by atoms with E-state index in [-0.39, 0.29) is 6.10 Å². The number of rotatable bonds is 1. The molecule has 3 heteroatoms. The Morgan fingerprint density at radius 3 is 2.70 bits per heavy atom. The third-order valence-electron chi connectivity index (χ3n) is 2.07. The minimum Gasteiger partial charge on any atom is -0.391 e. The molecule has 2 unspecified atom stereocenters. The number of hydrogen-bond donors (Lipinski definition) is 1. The van der Waals surface area contributed by atoms with E-state index >= 15 is 0 Å². The number of nitrogens with zero attached hydrogens (tertiary/aromatic N) is 2. The van der Waals surface area contributed by atoms with Gasteiger partial charge in [0.1, 0.15) is 0 Å². The van der Waals surface area contributed by atoms with Gasteiger partial charge < -0.3 is 10.0 Å². The van der Waals surface area contributed by atoms with E-state index in [4.69, 9.17) is 5.26 Å². The van der Waals surface area contributed by atoms with E-state index < -0.39 is 0 Å². The van der Waals surface area contributed by atoms with Gasteiger partial charge in [0.25, 0.3) is 0 Å². The SMILES string of the molecule is CCC1CN(C#N)CC1O. The van der Waals surface area contributed by atoms with Gasteiger partial charge >= 0.3 is 0 Å². The lowest BCUT2D eigenvalue weighted by Gasteiger charge is -2.07. The Bertz CT molecular complexity index is 152. The Hall–Kier alpha value is -0.750. The Morgan fingerprint density at radius 2 is 2.40 bits per heavy atom. The maximum absolute atomic E-state index is 9.30. The van der Waals surface area contributed by atoms with E-state index in [9.17, 15) is 5.11 Å². The van der Waals surface area contributed by atoms with Crippen molar-refractivity contribution in [2.24, 2.45) is 5.92 Å². The first-order valence-corrected chi connectivity index (χ1v) is 3.60. The first kappa shape index (κ1) is 7.36. The van der Waals surface area contributed by atoms with Crippen molar-refractivity contribution in [3.05, 3.63) is 0 Å². The van der Waals surface area contributed by atoms with E-state index in [1.165, 1.54) is 0 Å². The van der Waals surface area contributed by atoms with Crippen LogP contribution in [0.25, 0.3) is 0 Å². The Morgan fingerprint density at radius 1 is 1.70 bits per heavy atom. The molecule has 0 radical (unpaired) electrons. The summed E-state index contributed by atoms with van der Waals surface area (Å²) < 4.78 is 0. The molecular formula is C7H12N2O. The largest absolute Gasteiger partial charge is 0.391 e. The summed E-state index contributed by atoms with van der Waals surface area (Å²) in [5.74, 6) is 0.305. The lowest BCUT2D eigenvalue weighted by Crippen LogP contribution is -2.17. The fraction of sp³-hybridized carbons (Fsp3) is 0.857. The zero-order valence-electron chi connectivity index (χ0n) is 6.12. The summed E-state index contributed by atoms with van der Waals surface area (Å²) in [6.45, 7) is 3.29. The zero-order chi connectivity index (χ0) is 7.56. The smallest absolute Gasteiger partial charge is 0.179 e. The lowest BCUT2D eigenvalue weighted by atomic mass is 10.0. The van der Waals surface area contributed by atoms with Crippen LogP contribution >= 0.6 is 0 Å². The summed E-state index contributed by atoms with van der Waals surface area (Å²) in [4.78, 5) is 1.61. The predicted octanol–water partition coefficient (Wildman–Crippen LogP) is 0.170. The van der Waals surface area contributed by atoms with Crippen LogP contribution < -0.4 is 0 Å². The van der Waals surface area contributed by atoms with Gasteiger partial charge in [-0.05, 0) is 6.42 Å². The summed E-state index contributed by atoms with van der Waals surface area (Å²) in [6, 6.07) is 0. The van der Waals surface area contributed by atoms with Crippen molar-refractivity contribution in [1.82, 2.24) is 4.90 Å². The topological polar surface area (TPSA) is 47.3 Å². The number of nitriles is 1. The second kappa shape index (κ2) is 2.89. The molecule has 1 heterocycles. The van der Waals surface area contributed by atoms with Gasteiger partial charge in [-0.1, -0.05) is 6.92 Å². The van der Waals surface area contributed by atoms with Crippen LogP contribution in [0.4, 0.5) is 0 Å². The van der Waals surface area contributed by atoms with Crippen molar-refractivity contribution in [1.29, 1.82) is 5.26 Å². The highest BCUT2D eigenvalue weighted by atomic mass is 16.3. The number of hydrogen-bond acceptors (Lipinski definition) is 3. The van der Waals surface area contributed by atoms with Crippen LogP contribution in [0.1, 0.15) is 13.3 Å². The molecule has 2 atom stereocenters. The average molecular weight is 140 g/mol. The van der Waals surface area contributed by atoms with Crippen LogP contribution in [0.15, 0.2) is 0 Å². The zero-order valence-corrected chi connectivity index (χ0v) is 6.12. The number of β-amino-alcohol motifs (C(OH)–C–C–N with tert-alkyl or cyclic N) is 1. The van der Waals surface area contributed by atoms with E-state index in [2.05, 4.69) is 0 Å². The molecule has 0 amide bonds. The molecule has 1 aliphatic heterocycles. The van der Waals surface area contributed by atoms with Gasteiger partial charge in [-0.15, -0.1) is 0 Å². The van der Waals surface area contributed by atoms with Gasteiger partial charge in [0.2, 0.25) is 0 Å². The minimum atomic E-state index is -0.287. The molecule has 1 rings (SSSR count). The van der Waals surface area contributed by atoms with Crippen LogP contribution in [0.2, 0.25) is 0 Å². The van der Waals surface area contributed by atoms with Crippen LogP contribution in [0.3, 0.4) is 0 Å². The standard InChI is InChI=1S/C7H12N2O/c1-2-6-3-9(5-8)4-7(6)10/h6-7,10H,2-4H2,1H3. The molecule has 56 valence electrons. The van der Waals surface area contributed by atoms with Gasteiger partial charge in [0.15, 0.2) is 6.19 Å². The number of likely N-dealkylation sites (tertiary alicyclic amines) is 1. The van der Waals surface area contributed by atoms with Crippen LogP contribution in [-0.2, 0) is 0 Å². The van der Waals surface area contributed by atoms with Gasteiger partial charge in [0, 0.05) is 12.5 Å². The average Bonchev–Trinajstić information content (AvgIpc) is 2.30. The van der Waals surface area contributed by atoms with E-state index in [1.54, 1.807) is 4.90 Å². The fourth-order valence-electron chi connectivity index (χ4n) is 1.34. The van der Waals surface area contributed by atoms with Crippen molar-refractivity contribution in [2.75, 3.05) is 13.1 Å².